The number of carbonyl (C=O) groups is 1. The third-order valence-electron chi connectivity index (χ3n) is 3.98. The summed E-state index contributed by atoms with van der Waals surface area (Å²) in [6.07, 6.45) is -3.29. The Bertz CT molecular complexity index is 496. The smallest absolute Gasteiger partial charge is 0.309 e. The van der Waals surface area contributed by atoms with Crippen molar-refractivity contribution in [1.29, 1.82) is 0 Å². The van der Waals surface area contributed by atoms with E-state index in [2.05, 4.69) is 15.5 Å². The summed E-state index contributed by atoms with van der Waals surface area (Å²) in [5.74, 6) is -1.71. The zero-order valence-corrected chi connectivity index (χ0v) is 12.1. The first kappa shape index (κ1) is 15.9. The number of amides is 1. The van der Waals surface area contributed by atoms with Gasteiger partial charge < -0.3 is 5.32 Å². The molecular formula is C14H20F3N3O. The number of nitrogens with one attached hydrogen (secondary N) is 2. The Hall–Kier alpha value is -1.53. The molecule has 0 aromatic carbocycles. The molecule has 1 saturated carbocycles. The number of halogens is 3. The first-order chi connectivity index (χ1) is 9.77. The van der Waals surface area contributed by atoms with Crippen LogP contribution in [0.1, 0.15) is 51.1 Å². The normalized spacial score (nSPS) is 23.3. The number of H-pyrrole nitrogens is 1. The molecule has 1 fully saturated rings. The van der Waals surface area contributed by atoms with Crippen molar-refractivity contribution >= 4 is 11.7 Å². The Morgan fingerprint density at radius 3 is 2.71 bits per heavy atom. The van der Waals surface area contributed by atoms with Crippen molar-refractivity contribution in [1.82, 2.24) is 10.2 Å². The molecule has 2 unspecified atom stereocenters. The monoisotopic (exact) mass is 303 g/mol. The van der Waals surface area contributed by atoms with Crippen LogP contribution < -0.4 is 5.32 Å². The molecule has 118 valence electrons. The molecule has 0 aliphatic heterocycles. The minimum absolute atomic E-state index is 0.118. The minimum atomic E-state index is -4.21. The van der Waals surface area contributed by atoms with Gasteiger partial charge in [-0.05, 0) is 25.2 Å². The van der Waals surface area contributed by atoms with Crippen molar-refractivity contribution in [3.63, 3.8) is 0 Å². The Morgan fingerprint density at radius 1 is 1.43 bits per heavy atom. The van der Waals surface area contributed by atoms with E-state index >= 15 is 0 Å². The van der Waals surface area contributed by atoms with Crippen LogP contribution in [0.3, 0.4) is 0 Å². The van der Waals surface area contributed by atoms with Gasteiger partial charge in [0.2, 0.25) is 5.91 Å². The van der Waals surface area contributed by atoms with Crippen molar-refractivity contribution in [2.45, 2.75) is 51.6 Å². The molecule has 21 heavy (non-hydrogen) atoms. The second-order valence-corrected chi connectivity index (χ2v) is 5.95. The number of alkyl halides is 3. The molecule has 1 aromatic heterocycles. The van der Waals surface area contributed by atoms with Crippen molar-refractivity contribution in [3.8, 4) is 0 Å². The second-order valence-electron chi connectivity index (χ2n) is 5.95. The van der Waals surface area contributed by atoms with Crippen LogP contribution in [0.5, 0.6) is 0 Å². The summed E-state index contributed by atoms with van der Waals surface area (Å²) < 4.78 is 38.2. The lowest BCUT2D eigenvalue weighted by atomic mass is 9.80. The highest BCUT2D eigenvalue weighted by molar-refractivity contribution is 5.91. The van der Waals surface area contributed by atoms with Crippen molar-refractivity contribution in [3.05, 3.63) is 11.8 Å². The average Bonchev–Trinajstić information content (AvgIpc) is 2.86. The molecule has 1 amide bonds. The summed E-state index contributed by atoms with van der Waals surface area (Å²) in [5.41, 5.74) is 0.877. The Kier molecular flexibility index (Phi) is 4.58. The van der Waals surface area contributed by atoms with E-state index in [4.69, 9.17) is 0 Å². The van der Waals surface area contributed by atoms with Gasteiger partial charge in [0.15, 0.2) is 5.82 Å². The first-order valence-electron chi connectivity index (χ1n) is 7.20. The summed E-state index contributed by atoms with van der Waals surface area (Å²) in [6.45, 7) is 3.96. The third-order valence-corrected chi connectivity index (χ3v) is 3.98. The molecule has 2 rings (SSSR count). The maximum absolute atomic E-state index is 12.7. The van der Waals surface area contributed by atoms with E-state index in [0.717, 1.165) is 5.69 Å². The van der Waals surface area contributed by atoms with Gasteiger partial charge in [-0.25, -0.2) is 0 Å². The molecule has 1 heterocycles. The van der Waals surface area contributed by atoms with Crippen LogP contribution in [0, 0.1) is 11.8 Å². The van der Waals surface area contributed by atoms with Crippen molar-refractivity contribution in [2.75, 3.05) is 5.32 Å². The molecule has 7 heteroatoms. The van der Waals surface area contributed by atoms with Crippen LogP contribution in [0.2, 0.25) is 0 Å². The van der Waals surface area contributed by atoms with E-state index in [1.807, 2.05) is 13.8 Å². The second kappa shape index (κ2) is 6.07. The van der Waals surface area contributed by atoms with E-state index in [0.29, 0.717) is 18.7 Å². The molecule has 0 bridgehead atoms. The van der Waals surface area contributed by atoms with E-state index in [1.165, 1.54) is 0 Å². The number of aromatic amines is 1. The van der Waals surface area contributed by atoms with Crippen LogP contribution in [-0.4, -0.2) is 22.3 Å². The zero-order chi connectivity index (χ0) is 15.6. The van der Waals surface area contributed by atoms with Crippen LogP contribution in [0.15, 0.2) is 6.07 Å². The maximum Gasteiger partial charge on any atom is 0.391 e. The lowest BCUT2D eigenvalue weighted by Gasteiger charge is -2.29. The predicted octanol–water partition coefficient (Wildman–Crippen LogP) is 3.84. The van der Waals surface area contributed by atoms with E-state index in [1.54, 1.807) is 6.07 Å². The molecular weight excluding hydrogens is 283 g/mol. The molecule has 1 aliphatic carbocycles. The third kappa shape index (κ3) is 3.98. The summed E-state index contributed by atoms with van der Waals surface area (Å²) in [7, 11) is 0. The number of nitrogens with zero attached hydrogens (tertiary/aromatic N) is 1. The van der Waals surface area contributed by atoms with Crippen molar-refractivity contribution < 1.29 is 18.0 Å². The number of hydrogen-bond donors (Lipinski definition) is 2. The topological polar surface area (TPSA) is 57.8 Å². The average molecular weight is 303 g/mol. The van der Waals surface area contributed by atoms with Gasteiger partial charge in [-0.2, -0.15) is 18.3 Å². The number of anilines is 1. The first-order valence-corrected chi connectivity index (χ1v) is 7.20. The molecule has 1 aliphatic rings. The lowest BCUT2D eigenvalue weighted by molar-refractivity contribution is -0.185. The fraction of sp³-hybridized carbons (Fsp3) is 0.714. The van der Waals surface area contributed by atoms with Gasteiger partial charge in [0.25, 0.3) is 0 Å². The minimum Gasteiger partial charge on any atom is -0.309 e. The van der Waals surface area contributed by atoms with Crippen LogP contribution >= 0.6 is 0 Å². The largest absolute Gasteiger partial charge is 0.391 e. The highest BCUT2D eigenvalue weighted by Crippen LogP contribution is 2.40. The Morgan fingerprint density at radius 2 is 2.14 bits per heavy atom. The Balaban J connectivity index is 1.96. The number of rotatable bonds is 3. The number of hydrogen-bond acceptors (Lipinski definition) is 2. The molecule has 2 N–H and O–H groups in total. The van der Waals surface area contributed by atoms with Crippen molar-refractivity contribution in [2.24, 2.45) is 11.8 Å². The summed E-state index contributed by atoms with van der Waals surface area (Å²) >= 11 is 0. The summed E-state index contributed by atoms with van der Waals surface area (Å²) in [5, 5.41) is 9.37. The molecule has 0 radical (unpaired) electrons. The molecule has 0 spiro atoms. The number of aromatic nitrogens is 2. The maximum atomic E-state index is 12.7. The summed E-state index contributed by atoms with van der Waals surface area (Å²) in [4.78, 5) is 12.1. The molecule has 1 aromatic rings. The van der Waals surface area contributed by atoms with E-state index in [9.17, 15) is 18.0 Å². The highest BCUT2D eigenvalue weighted by Gasteiger charge is 2.43. The van der Waals surface area contributed by atoms with Gasteiger partial charge in [0.1, 0.15) is 0 Å². The zero-order valence-electron chi connectivity index (χ0n) is 12.1. The van der Waals surface area contributed by atoms with E-state index in [-0.39, 0.29) is 24.7 Å². The SMILES string of the molecule is CC(C)c1cc(NC(=O)C2CCCC(C(F)(F)F)C2)n[nH]1. The van der Waals surface area contributed by atoms with Gasteiger partial charge in [-0.15, -0.1) is 0 Å². The quantitative estimate of drug-likeness (QED) is 0.891. The van der Waals surface area contributed by atoms with Gasteiger partial charge in [0.05, 0.1) is 5.92 Å². The predicted molar refractivity (Wildman–Crippen MR) is 72.8 cm³/mol. The van der Waals surface area contributed by atoms with Gasteiger partial charge in [-0.3, -0.25) is 9.89 Å². The number of carbonyl (C=O) groups excluding carboxylic acids is 1. The molecule has 0 saturated heterocycles. The summed E-state index contributed by atoms with van der Waals surface area (Å²) in [6, 6.07) is 1.71. The standard InChI is InChI=1S/C14H20F3N3O/c1-8(2)11-7-12(20-19-11)18-13(21)9-4-3-5-10(6-9)14(15,16)17/h7-10H,3-6H2,1-2H3,(H2,18,19,20,21). The molecule has 4 nitrogen and oxygen atoms in total. The lowest BCUT2D eigenvalue weighted by Crippen LogP contribution is -2.34. The van der Waals surface area contributed by atoms with Gasteiger partial charge in [-0.1, -0.05) is 20.3 Å². The van der Waals surface area contributed by atoms with Crippen LogP contribution in [0.4, 0.5) is 19.0 Å². The van der Waals surface area contributed by atoms with E-state index < -0.39 is 18.0 Å². The van der Waals surface area contributed by atoms with Gasteiger partial charge >= 0.3 is 6.18 Å². The van der Waals surface area contributed by atoms with Crippen LogP contribution in [0.25, 0.3) is 0 Å². The van der Waals surface area contributed by atoms with Gasteiger partial charge in [0, 0.05) is 17.7 Å². The van der Waals surface area contributed by atoms with Crippen LogP contribution in [-0.2, 0) is 4.79 Å². The fourth-order valence-electron chi connectivity index (χ4n) is 2.65. The Labute approximate surface area is 121 Å². The fourth-order valence-corrected chi connectivity index (χ4v) is 2.65. The molecule has 2 atom stereocenters. The highest BCUT2D eigenvalue weighted by atomic mass is 19.4.